The highest BCUT2D eigenvalue weighted by atomic mass is 16.5. The first-order chi connectivity index (χ1) is 8.11. The van der Waals surface area contributed by atoms with Gasteiger partial charge in [-0.05, 0) is 37.8 Å². The van der Waals surface area contributed by atoms with Crippen molar-refractivity contribution in [2.24, 2.45) is 11.7 Å². The number of aromatic hydroxyl groups is 1. The van der Waals surface area contributed by atoms with Gasteiger partial charge in [0.15, 0.2) is 11.5 Å². The normalized spacial score (nSPS) is 14.4. The molecule has 1 aromatic rings. The van der Waals surface area contributed by atoms with Crippen LogP contribution in [0.3, 0.4) is 0 Å². The van der Waals surface area contributed by atoms with Crippen LogP contribution in [0.15, 0.2) is 18.2 Å². The molecule has 96 valence electrons. The maximum Gasteiger partial charge on any atom is 0.161 e. The smallest absolute Gasteiger partial charge is 0.161 e. The van der Waals surface area contributed by atoms with Crippen LogP contribution in [-0.4, -0.2) is 18.3 Å². The predicted octanol–water partition coefficient (Wildman–Crippen LogP) is 2.88. The SMILES string of the molecule is CCOc1cccc(C(C)C(C)CCN)c1O. The Balaban J connectivity index is 2.93. The number of benzene rings is 1. The second kappa shape index (κ2) is 6.50. The van der Waals surface area contributed by atoms with Crippen LogP contribution in [0.4, 0.5) is 0 Å². The summed E-state index contributed by atoms with van der Waals surface area (Å²) < 4.78 is 5.39. The van der Waals surface area contributed by atoms with Gasteiger partial charge in [-0.1, -0.05) is 26.0 Å². The number of rotatable bonds is 6. The lowest BCUT2D eigenvalue weighted by Crippen LogP contribution is -2.12. The zero-order valence-electron chi connectivity index (χ0n) is 10.9. The van der Waals surface area contributed by atoms with Crippen molar-refractivity contribution in [2.75, 3.05) is 13.2 Å². The highest BCUT2D eigenvalue weighted by molar-refractivity contribution is 5.47. The number of phenolic OH excluding ortho intramolecular Hbond substituents is 1. The molecule has 0 spiro atoms. The number of phenols is 1. The van der Waals surface area contributed by atoms with Crippen LogP contribution >= 0.6 is 0 Å². The zero-order valence-corrected chi connectivity index (χ0v) is 10.9. The van der Waals surface area contributed by atoms with Crippen molar-refractivity contribution in [3.8, 4) is 11.5 Å². The van der Waals surface area contributed by atoms with Crippen LogP contribution in [0, 0.1) is 5.92 Å². The number of ether oxygens (including phenoxy) is 1. The van der Waals surface area contributed by atoms with Gasteiger partial charge in [-0.25, -0.2) is 0 Å². The summed E-state index contributed by atoms with van der Waals surface area (Å²) in [5.41, 5.74) is 6.52. The largest absolute Gasteiger partial charge is 0.504 e. The van der Waals surface area contributed by atoms with Gasteiger partial charge in [0.2, 0.25) is 0 Å². The average molecular weight is 237 g/mol. The number of nitrogens with two attached hydrogens (primary N) is 1. The van der Waals surface area contributed by atoms with Gasteiger partial charge in [0, 0.05) is 5.56 Å². The van der Waals surface area contributed by atoms with E-state index in [-0.39, 0.29) is 11.7 Å². The minimum atomic E-state index is 0.269. The Morgan fingerprint density at radius 1 is 1.35 bits per heavy atom. The second-order valence-corrected chi connectivity index (χ2v) is 4.47. The molecule has 0 saturated heterocycles. The van der Waals surface area contributed by atoms with Gasteiger partial charge in [0.05, 0.1) is 6.61 Å². The van der Waals surface area contributed by atoms with Crippen molar-refractivity contribution in [3.63, 3.8) is 0 Å². The van der Waals surface area contributed by atoms with Gasteiger partial charge in [0.1, 0.15) is 0 Å². The topological polar surface area (TPSA) is 55.5 Å². The Hall–Kier alpha value is -1.22. The first-order valence-electron chi connectivity index (χ1n) is 6.26. The Bertz CT molecular complexity index is 352. The van der Waals surface area contributed by atoms with Crippen molar-refractivity contribution in [3.05, 3.63) is 23.8 Å². The third-order valence-electron chi connectivity index (χ3n) is 3.30. The minimum Gasteiger partial charge on any atom is -0.504 e. The molecule has 2 atom stereocenters. The third kappa shape index (κ3) is 3.37. The van der Waals surface area contributed by atoms with Gasteiger partial charge >= 0.3 is 0 Å². The molecular weight excluding hydrogens is 214 g/mol. The van der Waals surface area contributed by atoms with Gasteiger partial charge in [-0.3, -0.25) is 0 Å². The van der Waals surface area contributed by atoms with E-state index in [9.17, 15) is 5.11 Å². The lowest BCUT2D eigenvalue weighted by atomic mass is 9.86. The number of para-hydroxylation sites is 1. The van der Waals surface area contributed by atoms with Crippen LogP contribution in [-0.2, 0) is 0 Å². The molecule has 1 aromatic carbocycles. The zero-order chi connectivity index (χ0) is 12.8. The average Bonchev–Trinajstić information content (AvgIpc) is 2.31. The molecule has 0 amide bonds. The van der Waals surface area contributed by atoms with Crippen LogP contribution in [0.2, 0.25) is 0 Å². The maximum absolute atomic E-state index is 10.2. The maximum atomic E-state index is 10.2. The fourth-order valence-corrected chi connectivity index (χ4v) is 2.00. The Morgan fingerprint density at radius 2 is 2.06 bits per heavy atom. The van der Waals surface area contributed by atoms with E-state index in [1.807, 2.05) is 19.1 Å². The molecule has 1 rings (SSSR count). The summed E-state index contributed by atoms with van der Waals surface area (Å²) in [6.07, 6.45) is 0.958. The monoisotopic (exact) mass is 237 g/mol. The molecule has 0 aliphatic heterocycles. The minimum absolute atomic E-state index is 0.269. The third-order valence-corrected chi connectivity index (χ3v) is 3.30. The molecule has 0 saturated carbocycles. The fourth-order valence-electron chi connectivity index (χ4n) is 2.00. The first kappa shape index (κ1) is 13.8. The van der Waals surface area contributed by atoms with Gasteiger partial charge in [-0.15, -0.1) is 0 Å². The summed E-state index contributed by atoms with van der Waals surface area (Å²) in [7, 11) is 0. The molecule has 0 heterocycles. The van der Waals surface area contributed by atoms with Crippen LogP contribution < -0.4 is 10.5 Å². The molecule has 3 heteroatoms. The van der Waals surface area contributed by atoms with E-state index in [1.165, 1.54) is 0 Å². The lowest BCUT2D eigenvalue weighted by Gasteiger charge is -2.21. The fraction of sp³-hybridized carbons (Fsp3) is 0.571. The van der Waals surface area contributed by atoms with Crippen molar-refractivity contribution in [1.29, 1.82) is 0 Å². The van der Waals surface area contributed by atoms with Gasteiger partial charge < -0.3 is 15.6 Å². The summed E-state index contributed by atoms with van der Waals surface area (Å²) in [4.78, 5) is 0. The molecule has 3 N–H and O–H groups in total. The Labute approximate surface area is 104 Å². The van der Waals surface area contributed by atoms with E-state index in [4.69, 9.17) is 10.5 Å². The summed E-state index contributed by atoms with van der Waals surface area (Å²) in [5.74, 6) is 1.56. The van der Waals surface area contributed by atoms with Crippen molar-refractivity contribution in [2.45, 2.75) is 33.1 Å². The van der Waals surface area contributed by atoms with E-state index in [1.54, 1.807) is 6.07 Å². The highest BCUT2D eigenvalue weighted by Crippen LogP contribution is 2.38. The van der Waals surface area contributed by atoms with Gasteiger partial charge in [0.25, 0.3) is 0 Å². The van der Waals surface area contributed by atoms with E-state index in [0.29, 0.717) is 24.8 Å². The van der Waals surface area contributed by atoms with Crippen molar-refractivity contribution >= 4 is 0 Å². The number of hydrogen-bond acceptors (Lipinski definition) is 3. The molecule has 3 nitrogen and oxygen atoms in total. The molecule has 2 unspecified atom stereocenters. The second-order valence-electron chi connectivity index (χ2n) is 4.47. The Kier molecular flexibility index (Phi) is 5.29. The van der Waals surface area contributed by atoms with E-state index < -0.39 is 0 Å². The summed E-state index contributed by atoms with van der Waals surface area (Å²) in [5, 5.41) is 10.2. The standard InChI is InChI=1S/C14H23NO2/c1-4-17-13-7-5-6-12(14(13)16)11(3)10(2)8-9-15/h5-7,10-11,16H,4,8-9,15H2,1-3H3. The molecule has 0 fully saturated rings. The molecule has 0 aromatic heterocycles. The van der Waals surface area contributed by atoms with Crippen molar-refractivity contribution < 1.29 is 9.84 Å². The lowest BCUT2D eigenvalue weighted by molar-refractivity contribution is 0.314. The quantitative estimate of drug-likeness (QED) is 0.800. The first-order valence-corrected chi connectivity index (χ1v) is 6.26. The molecular formula is C14H23NO2. The summed E-state index contributed by atoms with van der Waals surface area (Å²) in [6.45, 7) is 7.42. The predicted molar refractivity (Wildman–Crippen MR) is 70.5 cm³/mol. The van der Waals surface area contributed by atoms with E-state index >= 15 is 0 Å². The van der Waals surface area contributed by atoms with Crippen LogP contribution in [0.5, 0.6) is 11.5 Å². The Morgan fingerprint density at radius 3 is 2.65 bits per heavy atom. The number of hydrogen-bond donors (Lipinski definition) is 2. The summed E-state index contributed by atoms with van der Waals surface area (Å²) >= 11 is 0. The van der Waals surface area contributed by atoms with Gasteiger partial charge in [-0.2, -0.15) is 0 Å². The van der Waals surface area contributed by atoms with Crippen LogP contribution in [0.1, 0.15) is 38.7 Å². The van der Waals surface area contributed by atoms with E-state index in [0.717, 1.165) is 12.0 Å². The van der Waals surface area contributed by atoms with Crippen LogP contribution in [0.25, 0.3) is 0 Å². The molecule has 0 aliphatic rings. The molecule has 0 bridgehead atoms. The van der Waals surface area contributed by atoms with Crippen molar-refractivity contribution in [1.82, 2.24) is 0 Å². The summed E-state index contributed by atoms with van der Waals surface area (Å²) in [6, 6.07) is 5.67. The molecule has 0 aliphatic carbocycles. The van der Waals surface area contributed by atoms with E-state index in [2.05, 4.69) is 13.8 Å². The molecule has 17 heavy (non-hydrogen) atoms. The highest BCUT2D eigenvalue weighted by Gasteiger charge is 2.19. The molecule has 0 radical (unpaired) electrons.